The van der Waals surface area contributed by atoms with E-state index in [4.69, 9.17) is 14.2 Å². The molecule has 20 amide bonds. The van der Waals surface area contributed by atoms with Gasteiger partial charge in [0.1, 0.15) is 74.5 Å². The molecule has 0 spiro atoms. The number of imide groups is 10. The van der Waals surface area contributed by atoms with E-state index in [-0.39, 0.29) is 77.6 Å². The molecule has 2 aromatic heterocycles. The number of nitrogens with zero attached hydrogens (tertiary/aromatic N) is 12. The van der Waals surface area contributed by atoms with Crippen molar-refractivity contribution >= 4 is 140 Å². The van der Waals surface area contributed by atoms with E-state index in [2.05, 4.69) is 13.8 Å². The Bertz CT molecular complexity index is 6570. The van der Waals surface area contributed by atoms with Crippen LogP contribution in [-0.2, 0) is 76.3 Å². The van der Waals surface area contributed by atoms with Crippen molar-refractivity contribution < 1.29 is 110 Å². The first-order valence-electron chi connectivity index (χ1n) is 37.5. The molecule has 10 aliphatic rings. The fraction of sp³-hybridized carbons (Fsp3) is 0.103. The molecular weight excluding hydrogens is 1650 g/mol. The van der Waals surface area contributed by atoms with Gasteiger partial charge in [0.05, 0.1) is 66.1 Å². The number of aromatic nitrogens is 2. The maximum atomic E-state index is 13.1. The van der Waals surface area contributed by atoms with Crippen LogP contribution in [0.25, 0.3) is 21.5 Å². The molecule has 10 aliphatic heterocycles. The zero-order chi connectivity index (χ0) is 89.2. The maximum absolute atomic E-state index is 13.1. The number of ether oxygens (including phenoxy) is 3. The Balaban J connectivity index is 0.000000139. The summed E-state index contributed by atoms with van der Waals surface area (Å²) >= 11 is 0. The molecule has 7 aromatic carbocycles. The van der Waals surface area contributed by atoms with E-state index in [0.29, 0.717) is 41.9 Å². The van der Waals surface area contributed by atoms with E-state index in [9.17, 15) is 115 Å². The number of hydrogen-bond acceptors (Lipinski definition) is 27. The molecule has 0 unspecified atom stereocenters. The summed E-state index contributed by atoms with van der Waals surface area (Å²) in [6.07, 6.45) is 12.5. The van der Waals surface area contributed by atoms with Gasteiger partial charge in [-0.2, -0.15) is 0 Å². The van der Waals surface area contributed by atoms with Crippen molar-refractivity contribution in [1.29, 1.82) is 0 Å². The van der Waals surface area contributed by atoms with Crippen molar-refractivity contribution in [2.24, 2.45) is 0 Å². The van der Waals surface area contributed by atoms with E-state index in [1.54, 1.807) is 36.4 Å². The highest BCUT2D eigenvalue weighted by molar-refractivity contribution is 6.26. The Labute approximate surface area is 702 Å². The van der Waals surface area contributed by atoms with E-state index < -0.39 is 186 Å². The van der Waals surface area contributed by atoms with Crippen LogP contribution in [0.5, 0.6) is 34.5 Å². The van der Waals surface area contributed by atoms with Gasteiger partial charge in [0.15, 0.2) is 0 Å². The van der Waals surface area contributed by atoms with Crippen LogP contribution in [0.2, 0.25) is 0 Å². The first kappa shape index (κ1) is 80.5. The lowest BCUT2D eigenvalue weighted by atomic mass is 9.78. The predicted octanol–water partition coefficient (Wildman–Crippen LogP) is 2.67. The van der Waals surface area contributed by atoms with Gasteiger partial charge in [0.25, 0.3) is 140 Å². The third-order valence-electron chi connectivity index (χ3n) is 21.8. The summed E-state index contributed by atoms with van der Waals surface area (Å²) in [7, 11) is 0. The standard InChI is InChI=1S/C41H28N4O10.C26H14N4O9.C20H10N4O8/c1-41(2,23-3-7-25(8-4-23)54-27-11-13-29-31(19-27)39(52)44(37(29)50)21-42-33(46)15-16-34(42)47)24-5-9-26(10-6-24)55-28-12-14-30-32(20-28)40(53)45(38(30)51)22-43-35(48)17-18-36(43)49;31-19-5-6-20(32)27(19)11-29-23(35)15-3-1-13(9-17(15)25(29)37)39-14-2-4-16-18(10-14)26(38)30(24(16)36)12-28-21(33)7-8-22(28)34;25-13-1-2-14(26)21(13)7-23-17(29)9-5-11-12(6-10(9)18(23)30)20(32)24(19(11)31)8-22-15(27)3-4-16(22)28/h3-20H,21-22H2,1-2H3;1-10H,11-12H2;1-6H,7-8H2. The molecule has 12 heterocycles. The van der Waals surface area contributed by atoms with E-state index >= 15 is 0 Å². The molecule has 0 saturated heterocycles. The highest BCUT2D eigenvalue weighted by Crippen LogP contribution is 2.39. The van der Waals surface area contributed by atoms with Crippen LogP contribution >= 0.6 is 0 Å². The summed E-state index contributed by atoms with van der Waals surface area (Å²) in [6, 6.07) is 34.2. The molecule has 19 rings (SSSR count). The van der Waals surface area contributed by atoms with Gasteiger partial charge in [-0.1, -0.05) is 38.1 Å². The van der Waals surface area contributed by atoms with Crippen molar-refractivity contribution in [2.45, 2.75) is 32.6 Å². The molecule has 0 fully saturated rings. The van der Waals surface area contributed by atoms with Crippen LogP contribution in [0, 0.1) is 0 Å². The van der Waals surface area contributed by atoms with Gasteiger partial charge in [0.2, 0.25) is 0 Å². The fourth-order valence-corrected chi connectivity index (χ4v) is 14.9. The number of fused-ring (bicyclic) bond motifs is 6. The topological polar surface area (TPSA) is 480 Å². The average molecular weight is 1700 g/mol. The molecule has 0 radical (unpaired) electrons. The number of rotatable bonds is 20. The number of carbonyl (C=O) groups is 20. The summed E-state index contributed by atoms with van der Waals surface area (Å²) in [5.41, 5.74) is -1.25. The summed E-state index contributed by atoms with van der Waals surface area (Å²) in [5, 5.41) is -0.671. The zero-order valence-corrected chi connectivity index (χ0v) is 64.8. The van der Waals surface area contributed by atoms with Gasteiger partial charge in [0, 0.05) is 78.3 Å². The fourth-order valence-electron chi connectivity index (χ4n) is 14.9. The molecule has 0 bridgehead atoms. The summed E-state index contributed by atoms with van der Waals surface area (Å²) in [6.45, 7) is 0.873. The Morgan fingerprint density at radius 3 is 0.579 bits per heavy atom. The first-order chi connectivity index (χ1) is 60.1. The minimum Gasteiger partial charge on any atom is -0.457 e. The van der Waals surface area contributed by atoms with E-state index in [0.717, 1.165) is 135 Å². The van der Waals surface area contributed by atoms with Crippen molar-refractivity contribution in [3.8, 4) is 34.5 Å². The van der Waals surface area contributed by atoms with Crippen LogP contribution in [0.4, 0.5) is 0 Å². The molecule has 9 aromatic rings. The SMILES string of the molecule is CC(C)(c1ccc(Oc2ccc3c(c2)C(=O)N(CN2C(=O)C=CC2=O)C3=O)cc1)c1ccc(Oc2ccc3c(c2)C(=O)N(CN2C(=O)C=CC2=O)C3=O)cc1.O=C1C=CC(=O)N1CN1C(=O)c2ccc(Oc3ccc4c(c3)C(=O)N(CN3C(=O)C=CC3=O)C4=O)cc2C1=O.O=C1C=CC(=O)N1Cn1c(=O)c2cc3c(=O)n(CN4C(=O)C=CC4=O)c(=O)c3cc2c1=O. The summed E-state index contributed by atoms with van der Waals surface area (Å²) in [4.78, 5) is 304. The van der Waals surface area contributed by atoms with Crippen LogP contribution in [0.1, 0.15) is 108 Å². The minimum absolute atomic E-state index is 0.00306. The largest absolute Gasteiger partial charge is 0.457 e. The lowest BCUT2D eigenvalue weighted by Crippen LogP contribution is -2.43. The van der Waals surface area contributed by atoms with Crippen molar-refractivity contribution in [2.75, 3.05) is 26.7 Å². The molecular formula is C87H52N12O27. The normalized spacial score (nSPS) is 16.8. The highest BCUT2D eigenvalue weighted by atomic mass is 16.5. The van der Waals surface area contributed by atoms with Crippen molar-refractivity contribution in [1.82, 2.24) is 58.1 Å². The van der Waals surface area contributed by atoms with E-state index in [1.165, 1.54) is 60.7 Å². The number of benzene rings is 7. The van der Waals surface area contributed by atoms with Crippen molar-refractivity contribution in [3.05, 3.63) is 303 Å². The van der Waals surface area contributed by atoms with Gasteiger partial charge in [-0.3, -0.25) is 173 Å². The molecule has 39 heteroatoms. The molecule has 0 saturated carbocycles. The molecule has 0 aliphatic carbocycles. The Morgan fingerprint density at radius 2 is 0.373 bits per heavy atom. The lowest BCUT2D eigenvalue weighted by Gasteiger charge is -2.26. The number of amides is 20. The van der Waals surface area contributed by atoms with Crippen LogP contribution < -0.4 is 36.4 Å². The molecule has 0 atom stereocenters. The minimum atomic E-state index is -0.840. The second kappa shape index (κ2) is 30.4. The third kappa shape index (κ3) is 13.7. The number of hydrogen-bond donors (Lipinski definition) is 0. The second-order valence-corrected chi connectivity index (χ2v) is 29.5. The average Bonchev–Trinajstić information content (AvgIpc) is 1.54. The Hall–Kier alpha value is -17.9. The molecule has 622 valence electrons. The van der Waals surface area contributed by atoms with Gasteiger partial charge in [-0.15, -0.1) is 0 Å². The van der Waals surface area contributed by atoms with Gasteiger partial charge >= 0.3 is 0 Å². The van der Waals surface area contributed by atoms with Gasteiger partial charge < -0.3 is 14.2 Å². The molecule has 0 N–H and O–H groups in total. The molecule has 126 heavy (non-hydrogen) atoms. The van der Waals surface area contributed by atoms with Crippen LogP contribution in [-0.4, -0.2) is 203 Å². The summed E-state index contributed by atoms with van der Waals surface area (Å²) in [5.74, 6) is -11.1. The van der Waals surface area contributed by atoms with Gasteiger partial charge in [-0.05, 0) is 120 Å². The van der Waals surface area contributed by atoms with Crippen LogP contribution in [0.15, 0.2) is 226 Å². The third-order valence-corrected chi connectivity index (χ3v) is 21.8. The zero-order valence-electron chi connectivity index (χ0n) is 64.8. The molecule has 39 nitrogen and oxygen atoms in total. The Morgan fingerprint density at radius 1 is 0.198 bits per heavy atom. The summed E-state index contributed by atoms with van der Waals surface area (Å²) < 4.78 is 19.2. The smallest absolute Gasteiger partial charge is 0.263 e. The highest BCUT2D eigenvalue weighted by Gasteiger charge is 2.45. The maximum Gasteiger partial charge on any atom is 0.263 e. The monoisotopic (exact) mass is 1700 g/mol. The Kier molecular flexibility index (Phi) is 19.4. The quantitative estimate of drug-likeness (QED) is 0.0990. The lowest BCUT2D eigenvalue weighted by molar-refractivity contribution is -0.140. The number of carbonyl (C=O) groups excluding carboxylic acids is 20. The first-order valence-corrected chi connectivity index (χ1v) is 37.5. The predicted molar refractivity (Wildman–Crippen MR) is 423 cm³/mol. The van der Waals surface area contributed by atoms with Gasteiger partial charge in [-0.25, -0.2) is 0 Å². The van der Waals surface area contributed by atoms with E-state index in [1.807, 2.05) is 24.3 Å². The van der Waals surface area contributed by atoms with Crippen molar-refractivity contribution in [3.63, 3.8) is 0 Å². The van der Waals surface area contributed by atoms with Crippen LogP contribution in [0.3, 0.4) is 0 Å². The second-order valence-electron chi connectivity index (χ2n) is 29.5.